The summed E-state index contributed by atoms with van der Waals surface area (Å²) < 4.78 is 0.664. The van der Waals surface area contributed by atoms with E-state index in [9.17, 15) is 5.21 Å². The summed E-state index contributed by atoms with van der Waals surface area (Å²) in [5.41, 5.74) is 0.143. The summed E-state index contributed by atoms with van der Waals surface area (Å²) in [6.45, 7) is 7.95. The second kappa shape index (κ2) is 3.31. The fourth-order valence-electron chi connectivity index (χ4n) is 3.88. The molecule has 5 heteroatoms. The lowest BCUT2D eigenvalue weighted by molar-refractivity contribution is -0.323. The van der Waals surface area contributed by atoms with Crippen molar-refractivity contribution >= 4 is 17.8 Å². The van der Waals surface area contributed by atoms with Gasteiger partial charge in [-0.3, -0.25) is 0 Å². The van der Waals surface area contributed by atoms with Crippen molar-refractivity contribution in [2.75, 3.05) is 0 Å². The Morgan fingerprint density at radius 2 is 2.18 bits per heavy atom. The lowest BCUT2D eigenvalue weighted by Gasteiger charge is -2.28. The van der Waals surface area contributed by atoms with Gasteiger partial charge in [-0.25, -0.2) is 4.74 Å². The molecule has 0 spiro atoms. The summed E-state index contributed by atoms with van der Waals surface area (Å²) in [5.74, 6) is 0.0963. The average molecular weight is 237 g/mol. The molecule has 17 heavy (non-hydrogen) atoms. The number of rotatable bonds is 1. The molecule has 0 bridgehead atoms. The van der Waals surface area contributed by atoms with Gasteiger partial charge in [0.05, 0.1) is 17.3 Å². The van der Waals surface area contributed by atoms with E-state index < -0.39 is 5.41 Å². The molecule has 1 saturated carbocycles. The lowest BCUT2D eigenvalue weighted by Crippen LogP contribution is -2.32. The Hall–Kier alpha value is -1.39. The van der Waals surface area contributed by atoms with Crippen molar-refractivity contribution in [2.24, 2.45) is 27.8 Å². The minimum absolute atomic E-state index is 0.0109. The summed E-state index contributed by atoms with van der Waals surface area (Å²) in [4.78, 5) is 0. The molecule has 3 atom stereocenters. The summed E-state index contributed by atoms with van der Waals surface area (Å²) in [6.07, 6.45) is 2.33. The highest BCUT2D eigenvalue weighted by Crippen LogP contribution is 2.58. The van der Waals surface area contributed by atoms with Gasteiger partial charge in [-0.1, -0.05) is 19.0 Å². The van der Waals surface area contributed by atoms with Gasteiger partial charge < -0.3 is 10.4 Å². The summed E-state index contributed by atoms with van der Waals surface area (Å²) in [7, 11) is 0. The number of hydroxylamine groups is 1. The largest absolute Gasteiger partial charge is 0.711 e. The first-order valence-electron chi connectivity index (χ1n) is 5.83. The van der Waals surface area contributed by atoms with Gasteiger partial charge in [0.1, 0.15) is 0 Å². The van der Waals surface area contributed by atoms with Gasteiger partial charge in [0.25, 0.3) is 5.84 Å². The molecule has 2 N–H and O–H groups in total. The maximum absolute atomic E-state index is 11.6. The molecule has 2 aliphatic rings. The lowest BCUT2D eigenvalue weighted by atomic mass is 9.75. The van der Waals surface area contributed by atoms with Crippen LogP contribution < -0.4 is 0 Å². The van der Waals surface area contributed by atoms with E-state index in [1.807, 2.05) is 6.92 Å². The van der Waals surface area contributed by atoms with Crippen LogP contribution in [-0.2, 0) is 0 Å². The first-order chi connectivity index (χ1) is 7.74. The SMILES string of the molecule is C/C(=N/O)C1C2C=[N+]([O-])C(=N)C2(C)CC1(C)C. The molecule has 0 saturated heterocycles. The van der Waals surface area contributed by atoms with Crippen LogP contribution >= 0.6 is 0 Å². The van der Waals surface area contributed by atoms with Crippen LogP contribution in [-0.4, -0.2) is 27.7 Å². The van der Waals surface area contributed by atoms with Gasteiger partial charge in [0.2, 0.25) is 0 Å². The van der Waals surface area contributed by atoms with E-state index >= 15 is 0 Å². The predicted octanol–water partition coefficient (Wildman–Crippen LogP) is 2.08. The van der Waals surface area contributed by atoms with E-state index in [4.69, 9.17) is 10.6 Å². The molecule has 0 radical (unpaired) electrons. The van der Waals surface area contributed by atoms with E-state index in [1.54, 1.807) is 13.1 Å². The van der Waals surface area contributed by atoms with Gasteiger partial charge in [0, 0.05) is 11.8 Å². The van der Waals surface area contributed by atoms with E-state index in [-0.39, 0.29) is 23.1 Å². The van der Waals surface area contributed by atoms with E-state index in [1.165, 1.54) is 0 Å². The molecule has 0 aromatic rings. The maximum atomic E-state index is 11.6. The molecule has 0 aromatic heterocycles. The van der Waals surface area contributed by atoms with Crippen LogP contribution in [0.25, 0.3) is 0 Å². The minimum Gasteiger partial charge on any atom is -0.711 e. The molecular weight excluding hydrogens is 218 g/mol. The van der Waals surface area contributed by atoms with Crippen molar-refractivity contribution in [3.63, 3.8) is 0 Å². The number of hydrogen-bond acceptors (Lipinski definition) is 4. The number of amidine groups is 1. The summed E-state index contributed by atoms with van der Waals surface area (Å²) >= 11 is 0. The van der Waals surface area contributed by atoms with Crippen molar-refractivity contribution in [1.82, 2.24) is 0 Å². The Balaban J connectivity index is 2.51. The molecule has 1 aliphatic heterocycles. The maximum Gasteiger partial charge on any atom is 0.299 e. The third-order valence-corrected chi connectivity index (χ3v) is 4.42. The summed E-state index contributed by atoms with van der Waals surface area (Å²) in [5, 5.41) is 31.8. The fourth-order valence-corrected chi connectivity index (χ4v) is 3.88. The molecular formula is C12H19N3O2. The van der Waals surface area contributed by atoms with Crippen molar-refractivity contribution in [3.8, 4) is 0 Å². The topological polar surface area (TPSA) is 82.5 Å². The highest BCUT2D eigenvalue weighted by Gasteiger charge is 2.63. The molecule has 2 rings (SSSR count). The van der Waals surface area contributed by atoms with Crippen LogP contribution in [0.2, 0.25) is 0 Å². The van der Waals surface area contributed by atoms with Crippen LogP contribution in [0.5, 0.6) is 0 Å². The zero-order valence-electron chi connectivity index (χ0n) is 10.7. The molecule has 1 fully saturated rings. The Kier molecular flexibility index (Phi) is 2.35. The highest BCUT2D eigenvalue weighted by molar-refractivity contribution is 5.96. The fraction of sp³-hybridized carbons (Fsp3) is 0.750. The van der Waals surface area contributed by atoms with E-state index in [2.05, 4.69) is 19.0 Å². The molecule has 0 aromatic carbocycles. The minimum atomic E-state index is -0.429. The van der Waals surface area contributed by atoms with Gasteiger partial charge in [-0.05, 0) is 25.7 Å². The van der Waals surface area contributed by atoms with E-state index in [0.717, 1.165) is 6.42 Å². The second-order valence-electron chi connectivity index (χ2n) is 6.15. The summed E-state index contributed by atoms with van der Waals surface area (Å²) in [6, 6.07) is 0. The van der Waals surface area contributed by atoms with E-state index in [0.29, 0.717) is 10.5 Å². The number of hydrogen-bond donors (Lipinski definition) is 2. The second-order valence-corrected chi connectivity index (χ2v) is 6.15. The van der Waals surface area contributed by atoms with Crippen molar-refractivity contribution in [3.05, 3.63) is 5.21 Å². The van der Waals surface area contributed by atoms with Gasteiger partial charge >= 0.3 is 0 Å². The zero-order chi connectivity index (χ0) is 13.0. The number of oxime groups is 1. The van der Waals surface area contributed by atoms with Crippen molar-refractivity contribution < 1.29 is 9.95 Å². The Labute approximate surface area is 101 Å². The van der Waals surface area contributed by atoms with Gasteiger partial charge in [-0.15, -0.1) is 5.41 Å². The highest BCUT2D eigenvalue weighted by atomic mass is 16.5. The molecule has 94 valence electrons. The van der Waals surface area contributed by atoms with Crippen LogP contribution in [0.15, 0.2) is 5.16 Å². The third-order valence-electron chi connectivity index (χ3n) is 4.42. The predicted molar refractivity (Wildman–Crippen MR) is 65.8 cm³/mol. The molecule has 1 aliphatic carbocycles. The molecule has 5 nitrogen and oxygen atoms in total. The van der Waals surface area contributed by atoms with Crippen molar-refractivity contribution in [2.45, 2.75) is 34.1 Å². The van der Waals surface area contributed by atoms with Gasteiger partial charge in [-0.2, -0.15) is 0 Å². The molecule has 0 amide bonds. The zero-order valence-corrected chi connectivity index (χ0v) is 10.7. The van der Waals surface area contributed by atoms with Gasteiger partial charge in [0.15, 0.2) is 0 Å². The van der Waals surface area contributed by atoms with Crippen LogP contribution in [0.1, 0.15) is 34.1 Å². The normalized spacial score (nSPS) is 40.4. The number of nitrogens with zero attached hydrogens (tertiary/aromatic N) is 2. The first kappa shape index (κ1) is 12.1. The van der Waals surface area contributed by atoms with Crippen molar-refractivity contribution in [1.29, 1.82) is 5.41 Å². The quantitative estimate of drug-likeness (QED) is 0.240. The van der Waals surface area contributed by atoms with Crippen LogP contribution in [0.3, 0.4) is 0 Å². The van der Waals surface area contributed by atoms with Crippen LogP contribution in [0.4, 0.5) is 0 Å². The smallest absolute Gasteiger partial charge is 0.299 e. The average Bonchev–Trinajstić information content (AvgIpc) is 2.55. The van der Waals surface area contributed by atoms with Crippen LogP contribution in [0, 0.1) is 33.3 Å². The number of fused-ring (bicyclic) bond motifs is 1. The Morgan fingerprint density at radius 3 is 2.71 bits per heavy atom. The monoisotopic (exact) mass is 237 g/mol. The first-order valence-corrected chi connectivity index (χ1v) is 5.83. The molecule has 1 heterocycles. The number of nitrogens with one attached hydrogen (secondary N) is 1. The third kappa shape index (κ3) is 1.41. The molecule has 3 unspecified atom stereocenters. The Bertz CT molecular complexity index is 439. The Morgan fingerprint density at radius 1 is 1.59 bits per heavy atom. The standard InChI is InChI=1S/C12H19N3O2/c1-7(14-16)9-8-5-15(17)10(13)12(8,4)6-11(9,2)3/h5,8-9,13,16H,6H2,1-4H3/b13-10?,14-7-.